The van der Waals surface area contributed by atoms with Gasteiger partial charge in [0.25, 0.3) is 0 Å². The number of halogens is 1. The summed E-state index contributed by atoms with van der Waals surface area (Å²) in [5.41, 5.74) is 5.80. The van der Waals surface area contributed by atoms with Crippen LogP contribution in [0.1, 0.15) is 5.69 Å². The normalized spacial score (nSPS) is 11.5. The Morgan fingerprint density at radius 1 is 1.22 bits per heavy atom. The molecule has 0 bridgehead atoms. The molecule has 2 aromatic rings. The standard InChI is InChI=1S/C10H8ClN5OS/c11-6-2-1-3-14-9(6)18-10-7(8(12)16-17)13-4-5-15-10/h1-5,17H,(H2,12,16). The molecule has 18 heavy (non-hydrogen) atoms. The summed E-state index contributed by atoms with van der Waals surface area (Å²) in [5.74, 6) is -0.113. The Kier molecular flexibility index (Phi) is 3.96. The van der Waals surface area contributed by atoms with Gasteiger partial charge in [-0.15, -0.1) is 0 Å². The number of hydrogen-bond donors (Lipinski definition) is 2. The number of hydrogen-bond acceptors (Lipinski definition) is 6. The Morgan fingerprint density at radius 3 is 2.67 bits per heavy atom. The number of nitrogens with two attached hydrogens (primary N) is 1. The van der Waals surface area contributed by atoms with Crippen LogP contribution >= 0.6 is 23.4 Å². The van der Waals surface area contributed by atoms with E-state index in [0.29, 0.717) is 15.1 Å². The van der Waals surface area contributed by atoms with E-state index >= 15 is 0 Å². The molecule has 0 amide bonds. The molecule has 6 nitrogen and oxygen atoms in total. The molecule has 3 N–H and O–H groups in total. The molecule has 0 saturated heterocycles. The lowest BCUT2D eigenvalue weighted by Crippen LogP contribution is -2.16. The van der Waals surface area contributed by atoms with Gasteiger partial charge in [-0.2, -0.15) is 0 Å². The van der Waals surface area contributed by atoms with Crippen LogP contribution in [0.3, 0.4) is 0 Å². The van der Waals surface area contributed by atoms with E-state index in [4.69, 9.17) is 22.5 Å². The lowest BCUT2D eigenvalue weighted by molar-refractivity contribution is 0.318. The highest BCUT2D eigenvalue weighted by atomic mass is 35.5. The van der Waals surface area contributed by atoms with Crippen LogP contribution in [0.2, 0.25) is 5.02 Å². The molecular weight excluding hydrogens is 274 g/mol. The average molecular weight is 282 g/mol. The fraction of sp³-hybridized carbons (Fsp3) is 0. The third-order valence-corrected chi connectivity index (χ3v) is 3.36. The first-order valence-electron chi connectivity index (χ1n) is 4.79. The van der Waals surface area contributed by atoms with Crippen molar-refractivity contribution in [2.24, 2.45) is 10.9 Å². The van der Waals surface area contributed by atoms with Crippen LogP contribution in [-0.2, 0) is 0 Å². The number of oxime groups is 1. The number of nitrogens with zero attached hydrogens (tertiary/aromatic N) is 4. The van der Waals surface area contributed by atoms with Crippen molar-refractivity contribution in [2.75, 3.05) is 0 Å². The van der Waals surface area contributed by atoms with Gasteiger partial charge in [-0.25, -0.2) is 15.0 Å². The van der Waals surface area contributed by atoms with Gasteiger partial charge < -0.3 is 10.9 Å². The first kappa shape index (κ1) is 12.6. The van der Waals surface area contributed by atoms with Gasteiger partial charge in [0.05, 0.1) is 5.02 Å². The highest BCUT2D eigenvalue weighted by molar-refractivity contribution is 7.99. The maximum atomic E-state index is 8.68. The van der Waals surface area contributed by atoms with Gasteiger partial charge in [0.2, 0.25) is 0 Å². The highest BCUT2D eigenvalue weighted by Crippen LogP contribution is 2.30. The van der Waals surface area contributed by atoms with Gasteiger partial charge in [-0.3, -0.25) is 0 Å². The summed E-state index contributed by atoms with van der Waals surface area (Å²) in [6.07, 6.45) is 4.58. The van der Waals surface area contributed by atoms with Crippen LogP contribution in [0.15, 0.2) is 45.9 Å². The topological polar surface area (TPSA) is 97.3 Å². The Labute approximate surface area is 112 Å². The predicted octanol–water partition coefficient (Wildman–Crippen LogP) is 1.77. The van der Waals surface area contributed by atoms with Crippen molar-refractivity contribution in [3.05, 3.63) is 41.4 Å². The molecule has 0 aliphatic rings. The second kappa shape index (κ2) is 5.65. The van der Waals surface area contributed by atoms with E-state index in [1.165, 1.54) is 24.2 Å². The van der Waals surface area contributed by atoms with Crippen molar-refractivity contribution in [1.29, 1.82) is 0 Å². The zero-order valence-corrected chi connectivity index (χ0v) is 10.6. The van der Waals surface area contributed by atoms with Crippen LogP contribution < -0.4 is 5.73 Å². The maximum absolute atomic E-state index is 8.68. The first-order valence-corrected chi connectivity index (χ1v) is 5.99. The molecule has 0 aromatic carbocycles. The fourth-order valence-electron chi connectivity index (χ4n) is 1.16. The van der Waals surface area contributed by atoms with Crippen LogP contribution in [0.4, 0.5) is 0 Å². The summed E-state index contributed by atoms with van der Waals surface area (Å²) >= 11 is 7.19. The molecule has 2 rings (SSSR count). The molecule has 0 aliphatic carbocycles. The zero-order chi connectivity index (χ0) is 13.0. The summed E-state index contributed by atoms with van der Waals surface area (Å²) in [6, 6.07) is 3.45. The summed E-state index contributed by atoms with van der Waals surface area (Å²) in [4.78, 5) is 12.2. The van der Waals surface area contributed by atoms with E-state index < -0.39 is 0 Å². The predicted molar refractivity (Wildman–Crippen MR) is 67.9 cm³/mol. The minimum absolute atomic E-state index is 0.113. The molecule has 0 radical (unpaired) electrons. The van der Waals surface area contributed by atoms with E-state index in [1.807, 2.05) is 0 Å². The molecule has 92 valence electrons. The molecule has 0 aliphatic heterocycles. The molecule has 0 unspecified atom stereocenters. The van der Waals surface area contributed by atoms with Crippen molar-refractivity contribution in [2.45, 2.75) is 10.1 Å². The fourth-order valence-corrected chi connectivity index (χ4v) is 2.23. The SMILES string of the molecule is NC(=NO)c1nccnc1Sc1ncccc1Cl. The van der Waals surface area contributed by atoms with Crippen LogP contribution in [0.5, 0.6) is 0 Å². The number of amidine groups is 1. The molecule has 0 spiro atoms. The summed E-state index contributed by atoms with van der Waals surface area (Å²) in [7, 11) is 0. The third-order valence-electron chi connectivity index (χ3n) is 1.93. The quantitative estimate of drug-likeness (QED) is 0.385. The van der Waals surface area contributed by atoms with Crippen LogP contribution in [0, 0.1) is 0 Å². The number of pyridine rings is 1. The third kappa shape index (κ3) is 2.69. The highest BCUT2D eigenvalue weighted by Gasteiger charge is 2.13. The number of rotatable bonds is 3. The van der Waals surface area contributed by atoms with Crippen LogP contribution in [-0.4, -0.2) is 26.0 Å². The lowest BCUT2D eigenvalue weighted by atomic mass is 10.4. The number of aromatic nitrogens is 3. The van der Waals surface area contributed by atoms with E-state index in [0.717, 1.165) is 0 Å². The Morgan fingerprint density at radius 2 is 1.94 bits per heavy atom. The summed E-state index contributed by atoms with van der Waals surface area (Å²) in [5, 5.41) is 13.1. The first-order chi connectivity index (χ1) is 8.72. The van der Waals surface area contributed by atoms with Crippen molar-refractivity contribution in [1.82, 2.24) is 15.0 Å². The second-order valence-corrected chi connectivity index (χ2v) is 4.47. The van der Waals surface area contributed by atoms with Crippen molar-refractivity contribution < 1.29 is 5.21 Å². The van der Waals surface area contributed by atoms with Crippen molar-refractivity contribution >= 4 is 29.2 Å². The summed E-state index contributed by atoms with van der Waals surface area (Å²) < 4.78 is 0. The average Bonchev–Trinajstić information content (AvgIpc) is 2.41. The minimum atomic E-state index is -0.113. The van der Waals surface area contributed by atoms with Gasteiger partial charge in [0, 0.05) is 18.6 Å². The Bertz CT molecular complexity index is 592. The maximum Gasteiger partial charge on any atom is 0.191 e. The van der Waals surface area contributed by atoms with Gasteiger partial charge in [0.1, 0.15) is 15.7 Å². The van der Waals surface area contributed by atoms with Crippen molar-refractivity contribution in [3.8, 4) is 0 Å². The summed E-state index contributed by atoms with van der Waals surface area (Å²) in [6.45, 7) is 0. The van der Waals surface area contributed by atoms with Gasteiger partial charge in [-0.1, -0.05) is 16.8 Å². The largest absolute Gasteiger partial charge is 0.409 e. The zero-order valence-electron chi connectivity index (χ0n) is 8.99. The van der Waals surface area contributed by atoms with E-state index in [-0.39, 0.29) is 11.5 Å². The van der Waals surface area contributed by atoms with Crippen molar-refractivity contribution in [3.63, 3.8) is 0 Å². The Hall–Kier alpha value is -1.86. The molecule has 0 fully saturated rings. The molecule has 2 aromatic heterocycles. The monoisotopic (exact) mass is 281 g/mol. The second-order valence-electron chi connectivity index (χ2n) is 3.09. The smallest absolute Gasteiger partial charge is 0.191 e. The van der Waals surface area contributed by atoms with E-state index in [1.54, 1.807) is 18.3 Å². The Balaban J connectivity index is 2.38. The molecule has 2 heterocycles. The lowest BCUT2D eigenvalue weighted by Gasteiger charge is -2.05. The van der Waals surface area contributed by atoms with E-state index in [9.17, 15) is 0 Å². The minimum Gasteiger partial charge on any atom is -0.409 e. The molecular formula is C10H8ClN5OS. The van der Waals surface area contributed by atoms with Gasteiger partial charge in [-0.05, 0) is 23.9 Å². The molecule has 8 heteroatoms. The molecule has 0 atom stereocenters. The van der Waals surface area contributed by atoms with E-state index in [2.05, 4.69) is 20.1 Å². The van der Waals surface area contributed by atoms with Crippen LogP contribution in [0.25, 0.3) is 0 Å². The molecule has 0 saturated carbocycles. The van der Waals surface area contributed by atoms with Gasteiger partial charge in [0.15, 0.2) is 5.84 Å². The van der Waals surface area contributed by atoms with Gasteiger partial charge >= 0.3 is 0 Å².